The van der Waals surface area contributed by atoms with Crippen LogP contribution in [0.3, 0.4) is 0 Å². The molecule has 1 aromatic carbocycles. The summed E-state index contributed by atoms with van der Waals surface area (Å²) in [7, 11) is 0. The van der Waals surface area contributed by atoms with Gasteiger partial charge in [0.2, 0.25) is 5.91 Å². The van der Waals surface area contributed by atoms with Crippen molar-refractivity contribution in [2.75, 3.05) is 13.2 Å². The van der Waals surface area contributed by atoms with E-state index in [4.69, 9.17) is 5.11 Å². The van der Waals surface area contributed by atoms with Gasteiger partial charge in [0.25, 0.3) is 5.91 Å². The van der Waals surface area contributed by atoms with E-state index in [1.54, 1.807) is 24.3 Å². The van der Waals surface area contributed by atoms with Crippen LogP contribution in [0.25, 0.3) is 0 Å². The lowest BCUT2D eigenvalue weighted by molar-refractivity contribution is -0.121. The number of hydrogen-bond donors (Lipinski definition) is 3. The van der Waals surface area contributed by atoms with Gasteiger partial charge >= 0.3 is 0 Å². The molecule has 5 nitrogen and oxygen atoms in total. The van der Waals surface area contributed by atoms with E-state index in [0.717, 1.165) is 4.47 Å². The van der Waals surface area contributed by atoms with Gasteiger partial charge in [-0.3, -0.25) is 9.59 Å². The first-order chi connectivity index (χ1) is 9.43. The lowest BCUT2D eigenvalue weighted by Crippen LogP contribution is -2.43. The molecular weight excluding hydrogens is 324 g/mol. The van der Waals surface area contributed by atoms with Crippen molar-refractivity contribution >= 4 is 27.7 Å². The van der Waals surface area contributed by atoms with E-state index in [2.05, 4.69) is 26.6 Å². The van der Waals surface area contributed by atoms with Crippen LogP contribution in [0.2, 0.25) is 0 Å². The maximum Gasteiger partial charge on any atom is 0.251 e. The van der Waals surface area contributed by atoms with Crippen LogP contribution in [0.4, 0.5) is 0 Å². The second kappa shape index (κ2) is 8.01. The number of nitrogens with one attached hydrogen (secondary N) is 2. The van der Waals surface area contributed by atoms with Crippen molar-refractivity contribution in [3.05, 3.63) is 34.3 Å². The molecule has 0 heterocycles. The summed E-state index contributed by atoms with van der Waals surface area (Å²) in [6.07, 6.45) is 0. The van der Waals surface area contributed by atoms with Crippen LogP contribution in [0.1, 0.15) is 24.2 Å². The maximum atomic E-state index is 11.8. The van der Waals surface area contributed by atoms with E-state index >= 15 is 0 Å². The molecule has 0 aliphatic carbocycles. The average Bonchev–Trinajstić information content (AvgIpc) is 2.44. The van der Waals surface area contributed by atoms with Gasteiger partial charge in [-0.2, -0.15) is 0 Å². The predicted molar refractivity (Wildman–Crippen MR) is 80.3 cm³/mol. The molecule has 0 saturated heterocycles. The molecule has 0 spiro atoms. The Labute approximate surface area is 126 Å². The van der Waals surface area contributed by atoms with Crippen LogP contribution in [0.15, 0.2) is 28.7 Å². The van der Waals surface area contributed by atoms with Crippen LogP contribution in [-0.2, 0) is 4.79 Å². The highest BCUT2D eigenvalue weighted by Gasteiger charge is 2.14. The normalized spacial score (nSPS) is 13.4. The molecule has 0 bridgehead atoms. The Kier molecular flexibility index (Phi) is 6.67. The Morgan fingerprint density at radius 2 is 1.85 bits per heavy atom. The van der Waals surface area contributed by atoms with Crippen molar-refractivity contribution in [3.63, 3.8) is 0 Å². The minimum absolute atomic E-state index is 0.00665. The van der Waals surface area contributed by atoms with E-state index in [9.17, 15) is 9.59 Å². The highest BCUT2D eigenvalue weighted by Crippen LogP contribution is 2.10. The number of aliphatic hydroxyl groups is 1. The van der Waals surface area contributed by atoms with E-state index in [1.165, 1.54) is 0 Å². The van der Waals surface area contributed by atoms with Crippen LogP contribution < -0.4 is 10.6 Å². The lowest BCUT2D eigenvalue weighted by Gasteiger charge is -2.19. The summed E-state index contributed by atoms with van der Waals surface area (Å²) in [5.74, 6) is -0.597. The molecule has 1 aromatic rings. The van der Waals surface area contributed by atoms with Gasteiger partial charge in [0, 0.05) is 22.7 Å². The largest absolute Gasteiger partial charge is 0.396 e. The number of hydrogen-bond acceptors (Lipinski definition) is 3. The number of rotatable bonds is 6. The zero-order chi connectivity index (χ0) is 15.1. The number of aliphatic hydroxyl groups excluding tert-OH is 1. The Bertz CT molecular complexity index is 462. The number of halogens is 1. The van der Waals surface area contributed by atoms with Gasteiger partial charge in [0.05, 0.1) is 6.54 Å². The minimum Gasteiger partial charge on any atom is -0.396 e. The Balaban J connectivity index is 2.41. The number of carbonyl (C=O) groups excluding carboxylic acids is 2. The van der Waals surface area contributed by atoms with E-state index < -0.39 is 0 Å². The fraction of sp³-hybridized carbons (Fsp3) is 0.429. The van der Waals surface area contributed by atoms with Crippen LogP contribution in [0.5, 0.6) is 0 Å². The summed E-state index contributed by atoms with van der Waals surface area (Å²) in [6.45, 7) is 3.57. The molecule has 6 heteroatoms. The first-order valence-corrected chi connectivity index (χ1v) is 7.17. The lowest BCUT2D eigenvalue weighted by atomic mass is 10.1. The van der Waals surface area contributed by atoms with E-state index in [-0.39, 0.29) is 36.9 Å². The molecule has 0 radical (unpaired) electrons. The van der Waals surface area contributed by atoms with Crippen molar-refractivity contribution in [1.29, 1.82) is 0 Å². The third kappa shape index (κ3) is 5.30. The van der Waals surface area contributed by atoms with E-state index in [1.807, 2.05) is 13.8 Å². The molecule has 20 heavy (non-hydrogen) atoms. The number of amides is 2. The Morgan fingerprint density at radius 1 is 1.25 bits per heavy atom. The fourth-order valence-electron chi connectivity index (χ4n) is 1.47. The standard InChI is InChI=1S/C14H19BrN2O3/c1-9(8-18)10(2)17-13(19)7-16-14(20)11-3-5-12(15)6-4-11/h3-6,9-10,18H,7-8H2,1-2H3,(H,16,20)(H,17,19)/t9-,10-/m0/s1. The third-order valence-electron chi connectivity index (χ3n) is 3.05. The SMILES string of the molecule is C[C@H](NC(=O)CNC(=O)c1ccc(Br)cc1)[C@@H](C)CO. The monoisotopic (exact) mass is 342 g/mol. The van der Waals surface area contributed by atoms with Gasteiger partial charge < -0.3 is 15.7 Å². The number of carbonyl (C=O) groups is 2. The third-order valence-corrected chi connectivity index (χ3v) is 3.57. The topological polar surface area (TPSA) is 78.4 Å². The predicted octanol–water partition coefficient (Wildman–Crippen LogP) is 1.31. The molecule has 0 fully saturated rings. The maximum absolute atomic E-state index is 11.8. The highest BCUT2D eigenvalue weighted by molar-refractivity contribution is 9.10. The zero-order valence-corrected chi connectivity index (χ0v) is 13.1. The Hall–Kier alpha value is -1.40. The molecule has 0 unspecified atom stereocenters. The minimum atomic E-state index is -0.296. The molecule has 3 N–H and O–H groups in total. The van der Waals surface area contributed by atoms with Crippen LogP contribution in [-0.4, -0.2) is 36.1 Å². The van der Waals surface area contributed by atoms with Gasteiger partial charge in [-0.1, -0.05) is 22.9 Å². The molecule has 0 aromatic heterocycles. The van der Waals surface area contributed by atoms with Gasteiger partial charge in [-0.15, -0.1) is 0 Å². The average molecular weight is 343 g/mol. The molecular formula is C14H19BrN2O3. The molecule has 2 amide bonds. The summed E-state index contributed by atoms with van der Waals surface area (Å²) in [6, 6.07) is 6.73. The molecule has 110 valence electrons. The molecule has 1 rings (SSSR count). The van der Waals surface area contributed by atoms with Gasteiger partial charge in [0.1, 0.15) is 0 Å². The first-order valence-electron chi connectivity index (χ1n) is 6.38. The fourth-order valence-corrected chi connectivity index (χ4v) is 1.73. The first kappa shape index (κ1) is 16.7. The van der Waals surface area contributed by atoms with Gasteiger partial charge in [0.15, 0.2) is 0 Å². The zero-order valence-electron chi connectivity index (χ0n) is 11.5. The highest BCUT2D eigenvalue weighted by atomic mass is 79.9. The summed E-state index contributed by atoms with van der Waals surface area (Å²) < 4.78 is 0.888. The summed E-state index contributed by atoms with van der Waals surface area (Å²) in [4.78, 5) is 23.4. The summed E-state index contributed by atoms with van der Waals surface area (Å²) in [5, 5.41) is 14.3. The van der Waals surface area contributed by atoms with Gasteiger partial charge in [-0.25, -0.2) is 0 Å². The molecule has 2 atom stereocenters. The van der Waals surface area contributed by atoms with Gasteiger partial charge in [-0.05, 0) is 37.1 Å². The smallest absolute Gasteiger partial charge is 0.251 e. The quantitative estimate of drug-likeness (QED) is 0.729. The Morgan fingerprint density at radius 3 is 2.40 bits per heavy atom. The number of benzene rings is 1. The molecule has 0 aliphatic rings. The van der Waals surface area contributed by atoms with E-state index in [0.29, 0.717) is 5.56 Å². The summed E-state index contributed by atoms with van der Waals surface area (Å²) in [5.41, 5.74) is 0.498. The molecule has 0 saturated carbocycles. The van der Waals surface area contributed by atoms with Crippen LogP contribution >= 0.6 is 15.9 Å². The van der Waals surface area contributed by atoms with Crippen molar-refractivity contribution in [3.8, 4) is 0 Å². The van der Waals surface area contributed by atoms with Crippen molar-refractivity contribution in [1.82, 2.24) is 10.6 Å². The van der Waals surface area contributed by atoms with Crippen molar-refractivity contribution in [2.24, 2.45) is 5.92 Å². The van der Waals surface area contributed by atoms with Crippen LogP contribution in [0, 0.1) is 5.92 Å². The molecule has 0 aliphatic heterocycles. The second-order valence-electron chi connectivity index (χ2n) is 4.71. The van der Waals surface area contributed by atoms with Crippen molar-refractivity contribution < 1.29 is 14.7 Å². The second-order valence-corrected chi connectivity index (χ2v) is 5.62. The van der Waals surface area contributed by atoms with Crippen molar-refractivity contribution in [2.45, 2.75) is 19.9 Å². The summed E-state index contributed by atoms with van der Waals surface area (Å²) >= 11 is 3.29.